The van der Waals surface area contributed by atoms with Gasteiger partial charge in [0.2, 0.25) is 5.91 Å². The summed E-state index contributed by atoms with van der Waals surface area (Å²) in [5.74, 6) is 0.0751. The monoisotopic (exact) mass is 520 g/mol. The maximum absolute atomic E-state index is 13.4. The minimum absolute atomic E-state index is 0.141. The van der Waals surface area contributed by atoms with Crippen molar-refractivity contribution in [2.75, 3.05) is 23.1 Å². The maximum Gasteiger partial charge on any atom is 0.417 e. The number of nitrogens with one attached hydrogen (secondary N) is 1. The number of amides is 1. The third-order valence-electron chi connectivity index (χ3n) is 5.24. The van der Waals surface area contributed by atoms with Crippen LogP contribution in [0.1, 0.15) is 31.2 Å². The molecule has 1 fully saturated rings. The van der Waals surface area contributed by atoms with E-state index in [1.165, 1.54) is 37.1 Å². The van der Waals surface area contributed by atoms with Gasteiger partial charge in [-0.15, -0.1) is 0 Å². The van der Waals surface area contributed by atoms with Gasteiger partial charge < -0.3 is 5.32 Å². The number of alkyl halides is 3. The highest BCUT2D eigenvalue weighted by Gasteiger charge is 2.35. The topological polar surface area (TPSA) is 66.5 Å². The van der Waals surface area contributed by atoms with Gasteiger partial charge in [0.15, 0.2) is 0 Å². The molecule has 3 rings (SSSR count). The summed E-state index contributed by atoms with van der Waals surface area (Å²) in [6.07, 6.45) is -0.0662. The van der Waals surface area contributed by atoms with Crippen molar-refractivity contribution in [2.45, 2.75) is 42.0 Å². The quantitative estimate of drug-likeness (QED) is 0.453. The molecule has 1 N–H and O–H groups in total. The van der Waals surface area contributed by atoms with Crippen molar-refractivity contribution in [3.8, 4) is 0 Å². The van der Waals surface area contributed by atoms with Crippen LogP contribution >= 0.6 is 23.4 Å². The molecule has 0 bridgehead atoms. The van der Waals surface area contributed by atoms with Gasteiger partial charge in [-0.05, 0) is 43.2 Å². The van der Waals surface area contributed by atoms with Crippen molar-refractivity contribution in [3.05, 3.63) is 59.1 Å². The van der Waals surface area contributed by atoms with Crippen molar-refractivity contribution < 1.29 is 26.4 Å². The van der Waals surface area contributed by atoms with Crippen LogP contribution in [0.15, 0.2) is 53.4 Å². The Kier molecular flexibility index (Phi) is 8.58. The first kappa shape index (κ1) is 25.7. The van der Waals surface area contributed by atoms with Crippen molar-refractivity contribution in [1.82, 2.24) is 5.32 Å². The van der Waals surface area contributed by atoms with E-state index in [2.05, 4.69) is 5.32 Å². The normalized spacial score (nSPS) is 14.9. The van der Waals surface area contributed by atoms with Gasteiger partial charge in [-0.2, -0.15) is 24.9 Å². The van der Waals surface area contributed by atoms with E-state index in [9.17, 15) is 26.4 Å². The maximum atomic E-state index is 13.4. The third kappa shape index (κ3) is 6.80. The number of anilines is 1. The molecule has 1 aliphatic carbocycles. The molecule has 1 amide bonds. The number of carbonyl (C=O) groups excluding carboxylic acids is 1. The van der Waals surface area contributed by atoms with Crippen LogP contribution in [0.4, 0.5) is 18.9 Å². The smallest absolute Gasteiger partial charge is 0.354 e. The Balaban J connectivity index is 1.81. The number of nitrogens with zero attached hydrogens (tertiary/aromatic N) is 1. The summed E-state index contributed by atoms with van der Waals surface area (Å²) in [5, 5.41) is 2.69. The number of benzene rings is 2. The molecule has 33 heavy (non-hydrogen) atoms. The molecule has 0 aliphatic heterocycles. The highest BCUT2D eigenvalue weighted by molar-refractivity contribution is 7.99. The van der Waals surface area contributed by atoms with Gasteiger partial charge >= 0.3 is 6.18 Å². The van der Waals surface area contributed by atoms with Gasteiger partial charge in [0.25, 0.3) is 10.0 Å². The van der Waals surface area contributed by atoms with Crippen LogP contribution in [-0.2, 0) is 21.0 Å². The summed E-state index contributed by atoms with van der Waals surface area (Å²) < 4.78 is 67.3. The van der Waals surface area contributed by atoms with E-state index in [0.29, 0.717) is 27.9 Å². The number of carbonyl (C=O) groups is 1. The molecule has 0 heterocycles. The fourth-order valence-electron chi connectivity index (χ4n) is 3.58. The van der Waals surface area contributed by atoms with Gasteiger partial charge in [0.1, 0.15) is 6.54 Å². The minimum Gasteiger partial charge on any atom is -0.354 e. The number of hydrogen-bond donors (Lipinski definition) is 1. The Hall–Kier alpha value is -1.91. The molecule has 0 spiro atoms. The molecule has 0 radical (unpaired) electrons. The number of thioether (sulfide) groups is 1. The number of rotatable bonds is 9. The Morgan fingerprint density at radius 2 is 1.79 bits per heavy atom. The molecule has 0 saturated heterocycles. The Morgan fingerprint density at radius 3 is 2.42 bits per heavy atom. The molecule has 1 aliphatic rings. The van der Waals surface area contributed by atoms with Crippen LogP contribution in [0.2, 0.25) is 5.02 Å². The van der Waals surface area contributed by atoms with Crippen LogP contribution in [-0.4, -0.2) is 38.4 Å². The van der Waals surface area contributed by atoms with Crippen LogP contribution < -0.4 is 9.62 Å². The summed E-state index contributed by atoms with van der Waals surface area (Å²) >= 11 is 7.46. The largest absolute Gasteiger partial charge is 0.417 e. The molecular weight excluding hydrogens is 497 g/mol. The van der Waals surface area contributed by atoms with Crippen molar-refractivity contribution in [3.63, 3.8) is 0 Å². The highest BCUT2D eigenvalue weighted by atomic mass is 35.5. The summed E-state index contributed by atoms with van der Waals surface area (Å²) in [6.45, 7) is -0.322. The summed E-state index contributed by atoms with van der Waals surface area (Å²) in [4.78, 5) is 12.4. The Labute approximate surface area is 200 Å². The van der Waals surface area contributed by atoms with Crippen molar-refractivity contribution in [1.29, 1.82) is 0 Å². The molecule has 0 unspecified atom stereocenters. The molecule has 5 nitrogen and oxygen atoms in total. The highest BCUT2D eigenvalue weighted by Crippen LogP contribution is 2.38. The molecule has 11 heteroatoms. The zero-order chi connectivity index (χ0) is 24.1. The van der Waals surface area contributed by atoms with E-state index >= 15 is 0 Å². The first-order valence-corrected chi connectivity index (χ1v) is 13.3. The average molecular weight is 521 g/mol. The molecular formula is C22H24ClF3N2O3S2. The van der Waals surface area contributed by atoms with E-state index in [1.54, 1.807) is 17.8 Å². The second-order valence-corrected chi connectivity index (χ2v) is 11.3. The van der Waals surface area contributed by atoms with E-state index in [0.717, 1.165) is 25.0 Å². The molecule has 2 aromatic rings. The van der Waals surface area contributed by atoms with Crippen molar-refractivity contribution in [2.24, 2.45) is 0 Å². The fourth-order valence-corrected chi connectivity index (χ4v) is 6.46. The molecule has 180 valence electrons. The van der Waals surface area contributed by atoms with Crippen LogP contribution in [0.5, 0.6) is 0 Å². The number of hydrogen-bond acceptors (Lipinski definition) is 4. The minimum atomic E-state index is -4.78. The lowest BCUT2D eigenvalue weighted by Crippen LogP contribution is -2.41. The first-order valence-electron chi connectivity index (χ1n) is 10.4. The van der Waals surface area contributed by atoms with Crippen LogP contribution in [0.25, 0.3) is 0 Å². The average Bonchev–Trinajstić information content (AvgIpc) is 3.29. The second kappa shape index (κ2) is 11.0. The van der Waals surface area contributed by atoms with E-state index in [1.807, 2.05) is 0 Å². The predicted molar refractivity (Wildman–Crippen MR) is 125 cm³/mol. The number of sulfonamides is 1. The fraction of sp³-hybridized carbons (Fsp3) is 0.409. The third-order valence-corrected chi connectivity index (χ3v) is 8.74. The molecule has 0 aromatic heterocycles. The zero-order valence-corrected chi connectivity index (χ0v) is 20.0. The lowest BCUT2D eigenvalue weighted by molar-refractivity contribution is -0.137. The summed E-state index contributed by atoms with van der Waals surface area (Å²) in [7, 11) is -4.31. The van der Waals surface area contributed by atoms with Gasteiger partial charge in [-0.1, -0.05) is 42.6 Å². The van der Waals surface area contributed by atoms with Crippen LogP contribution in [0.3, 0.4) is 0 Å². The van der Waals surface area contributed by atoms with Crippen molar-refractivity contribution >= 4 is 45.0 Å². The standard InChI is InChI=1S/C22H24ClF3N2O3S2/c23-20-11-10-16(14-19(20)22(24,25)26)28(33(30,31)18-8-2-1-3-9-18)15-21(29)27-12-13-32-17-6-4-5-7-17/h1-3,8-11,14,17H,4-7,12-13,15H2,(H,27,29). The molecule has 2 aromatic carbocycles. The van der Waals surface area contributed by atoms with Gasteiger partial charge in [0.05, 0.1) is 21.2 Å². The SMILES string of the molecule is O=C(CN(c1ccc(Cl)c(C(F)(F)F)c1)S(=O)(=O)c1ccccc1)NCCSC1CCCC1. The summed E-state index contributed by atoms with van der Waals surface area (Å²) in [6, 6.07) is 10.0. The molecule has 1 saturated carbocycles. The van der Waals surface area contributed by atoms with E-state index in [-0.39, 0.29) is 10.6 Å². The van der Waals surface area contributed by atoms with Crippen LogP contribution in [0, 0.1) is 0 Å². The molecule has 0 atom stereocenters. The van der Waals surface area contributed by atoms with Gasteiger partial charge in [-0.25, -0.2) is 8.42 Å². The lowest BCUT2D eigenvalue weighted by atomic mass is 10.2. The zero-order valence-electron chi connectivity index (χ0n) is 17.6. The Morgan fingerprint density at radius 1 is 1.12 bits per heavy atom. The van der Waals surface area contributed by atoms with E-state index < -0.39 is 39.2 Å². The first-order chi connectivity index (χ1) is 15.6. The van der Waals surface area contributed by atoms with Gasteiger partial charge in [0, 0.05) is 17.5 Å². The Bertz CT molecular complexity index is 1060. The number of halogens is 4. The predicted octanol–water partition coefficient (Wildman–Crippen LogP) is 5.35. The lowest BCUT2D eigenvalue weighted by Gasteiger charge is -2.25. The second-order valence-electron chi connectivity index (χ2n) is 7.61. The van der Waals surface area contributed by atoms with Gasteiger partial charge in [-0.3, -0.25) is 9.10 Å². The summed E-state index contributed by atoms with van der Waals surface area (Å²) in [5.41, 5.74) is -1.48. The van der Waals surface area contributed by atoms with E-state index in [4.69, 9.17) is 11.6 Å².